The van der Waals surface area contributed by atoms with Crippen LogP contribution in [0.1, 0.15) is 54.2 Å². The number of hydrogen-bond donors (Lipinski definition) is 4. The Bertz CT molecular complexity index is 1570. The van der Waals surface area contributed by atoms with Crippen molar-refractivity contribution in [2.45, 2.75) is 39.3 Å². The molecule has 5 rings (SSSR count). The van der Waals surface area contributed by atoms with Crippen LogP contribution in [0.5, 0.6) is 0 Å². The van der Waals surface area contributed by atoms with Crippen molar-refractivity contribution in [1.29, 1.82) is 5.41 Å². The smallest absolute Gasteiger partial charge is 0.253 e. The fourth-order valence-corrected chi connectivity index (χ4v) is 4.66. The van der Waals surface area contributed by atoms with Gasteiger partial charge in [-0.1, -0.05) is 24.3 Å². The molecule has 1 saturated carbocycles. The highest BCUT2D eigenvalue weighted by atomic mass is 19.1. The van der Waals surface area contributed by atoms with Crippen LogP contribution in [0, 0.1) is 17.1 Å². The van der Waals surface area contributed by atoms with Crippen molar-refractivity contribution in [3.63, 3.8) is 0 Å². The van der Waals surface area contributed by atoms with E-state index in [-0.39, 0.29) is 35.4 Å². The lowest BCUT2D eigenvalue weighted by Gasteiger charge is -2.14. The van der Waals surface area contributed by atoms with Crippen molar-refractivity contribution in [3.8, 4) is 11.1 Å². The molecule has 1 fully saturated rings. The van der Waals surface area contributed by atoms with Crippen molar-refractivity contribution >= 4 is 34.2 Å². The topological polar surface area (TPSA) is 113 Å². The van der Waals surface area contributed by atoms with E-state index in [1.54, 1.807) is 24.3 Å². The molecule has 0 bridgehead atoms. The van der Waals surface area contributed by atoms with Crippen LogP contribution < -0.4 is 16.4 Å². The molecule has 38 heavy (non-hydrogen) atoms. The van der Waals surface area contributed by atoms with Crippen LogP contribution in [-0.4, -0.2) is 22.2 Å². The monoisotopic (exact) mass is 511 g/mol. The number of halogens is 1. The van der Waals surface area contributed by atoms with Crippen molar-refractivity contribution in [2.75, 3.05) is 5.73 Å². The number of nitrogens with one attached hydrogen (secondary N) is 3. The number of hydrogen-bond acceptors (Lipinski definition) is 4. The molecule has 0 aliphatic heterocycles. The van der Waals surface area contributed by atoms with Crippen molar-refractivity contribution in [2.24, 2.45) is 5.92 Å². The Morgan fingerprint density at radius 3 is 2.50 bits per heavy atom. The SMILES string of the molecule is CCn1cc(C(=O)N[C@@H](C)c2cccc(F)c2)c2cc(-c3ccc(C(=N)NC(=O)C4CC4)c(N)c3)ccc21. The molecule has 194 valence electrons. The quantitative estimate of drug-likeness (QED) is 0.152. The minimum absolute atomic E-state index is 0.00115. The van der Waals surface area contributed by atoms with Gasteiger partial charge in [0.05, 0.1) is 11.6 Å². The second-order valence-electron chi connectivity index (χ2n) is 9.75. The average molecular weight is 512 g/mol. The minimum Gasteiger partial charge on any atom is -0.398 e. The van der Waals surface area contributed by atoms with Crippen LogP contribution in [-0.2, 0) is 11.3 Å². The van der Waals surface area contributed by atoms with Crippen LogP contribution in [0.25, 0.3) is 22.0 Å². The maximum absolute atomic E-state index is 13.7. The number of rotatable bonds is 7. The lowest BCUT2D eigenvalue weighted by Crippen LogP contribution is -2.32. The number of amidine groups is 1. The van der Waals surface area contributed by atoms with Gasteiger partial charge in [-0.2, -0.15) is 0 Å². The van der Waals surface area contributed by atoms with E-state index >= 15 is 0 Å². The molecule has 1 aliphatic rings. The van der Waals surface area contributed by atoms with Gasteiger partial charge >= 0.3 is 0 Å². The van der Waals surface area contributed by atoms with E-state index < -0.39 is 0 Å². The highest BCUT2D eigenvalue weighted by molar-refractivity contribution is 6.10. The van der Waals surface area contributed by atoms with Gasteiger partial charge in [-0.15, -0.1) is 0 Å². The maximum Gasteiger partial charge on any atom is 0.253 e. The maximum atomic E-state index is 13.7. The van der Waals surface area contributed by atoms with E-state index in [2.05, 4.69) is 10.6 Å². The summed E-state index contributed by atoms with van der Waals surface area (Å²) in [6, 6.07) is 17.1. The Morgan fingerprint density at radius 1 is 1.08 bits per heavy atom. The van der Waals surface area contributed by atoms with Gasteiger partial charge < -0.3 is 20.9 Å². The standard InChI is InChI=1S/C30H30FN5O2/c1-3-36-16-25(30(38)34-17(2)19-5-4-6-22(31)13-19)24-14-20(10-12-27(24)36)21-9-11-23(26(32)15-21)28(33)35-29(37)18-7-8-18/h4-6,9-18H,3,7-8,32H2,1-2H3,(H,34,38)(H2,33,35,37)/t17-/m0/s1. The number of amides is 2. The molecule has 1 atom stereocenters. The summed E-state index contributed by atoms with van der Waals surface area (Å²) >= 11 is 0. The summed E-state index contributed by atoms with van der Waals surface area (Å²) in [4.78, 5) is 25.4. The lowest BCUT2D eigenvalue weighted by molar-refractivity contribution is -0.120. The fraction of sp³-hybridized carbons (Fsp3) is 0.233. The zero-order valence-corrected chi connectivity index (χ0v) is 21.3. The van der Waals surface area contributed by atoms with Gasteiger partial charge in [0.1, 0.15) is 11.7 Å². The number of nitrogens with two attached hydrogens (primary N) is 1. The molecule has 2 amide bonds. The van der Waals surface area contributed by atoms with Crippen LogP contribution in [0.2, 0.25) is 0 Å². The summed E-state index contributed by atoms with van der Waals surface area (Å²) < 4.78 is 15.7. The van der Waals surface area contributed by atoms with Crippen LogP contribution in [0.4, 0.5) is 10.1 Å². The third-order valence-corrected chi connectivity index (χ3v) is 7.01. The first-order valence-corrected chi connectivity index (χ1v) is 12.7. The fourth-order valence-electron chi connectivity index (χ4n) is 4.66. The first-order chi connectivity index (χ1) is 18.2. The molecule has 7 nitrogen and oxygen atoms in total. The van der Waals surface area contributed by atoms with Gasteiger partial charge in [-0.05, 0) is 79.8 Å². The molecule has 5 N–H and O–H groups in total. The van der Waals surface area contributed by atoms with Gasteiger partial charge in [0, 0.05) is 40.8 Å². The molecule has 0 saturated heterocycles. The molecule has 1 heterocycles. The number of carbonyl (C=O) groups excluding carboxylic acids is 2. The number of aryl methyl sites for hydroxylation is 1. The molecule has 1 aromatic heterocycles. The van der Waals surface area contributed by atoms with E-state index in [4.69, 9.17) is 11.1 Å². The molecule has 3 aromatic carbocycles. The predicted octanol–water partition coefficient (Wildman–Crippen LogP) is 5.39. The minimum atomic E-state index is -0.371. The summed E-state index contributed by atoms with van der Waals surface area (Å²) in [7, 11) is 0. The number of carbonyl (C=O) groups is 2. The van der Waals surface area contributed by atoms with E-state index in [0.29, 0.717) is 28.9 Å². The summed E-state index contributed by atoms with van der Waals surface area (Å²) in [5.74, 6) is -0.733. The van der Waals surface area contributed by atoms with Gasteiger partial charge in [0.15, 0.2) is 0 Å². The van der Waals surface area contributed by atoms with Gasteiger partial charge in [0.25, 0.3) is 5.91 Å². The molecular formula is C30H30FN5O2. The number of benzene rings is 3. The van der Waals surface area contributed by atoms with Gasteiger partial charge in [-0.25, -0.2) is 4.39 Å². The summed E-state index contributed by atoms with van der Waals surface area (Å²) in [6.07, 6.45) is 3.56. The van der Waals surface area contributed by atoms with E-state index in [9.17, 15) is 14.0 Å². The molecule has 0 spiro atoms. The number of aromatic nitrogens is 1. The summed E-state index contributed by atoms with van der Waals surface area (Å²) in [5, 5.41) is 14.7. The van der Waals surface area contributed by atoms with Gasteiger partial charge in [-0.3, -0.25) is 15.0 Å². The number of nitrogens with zero attached hydrogens (tertiary/aromatic N) is 1. The zero-order chi connectivity index (χ0) is 27.0. The van der Waals surface area contributed by atoms with Crippen molar-refractivity contribution in [3.05, 3.63) is 89.4 Å². The van der Waals surface area contributed by atoms with E-state index in [0.717, 1.165) is 34.9 Å². The normalized spacial score (nSPS) is 13.8. The highest BCUT2D eigenvalue weighted by Gasteiger charge is 2.30. The first kappa shape index (κ1) is 25.2. The number of anilines is 1. The molecule has 4 aromatic rings. The van der Waals surface area contributed by atoms with Gasteiger partial charge in [0.2, 0.25) is 5.91 Å². The van der Waals surface area contributed by atoms with Crippen LogP contribution in [0.3, 0.4) is 0 Å². The summed E-state index contributed by atoms with van der Waals surface area (Å²) in [5.41, 5.74) is 11.0. The Kier molecular flexibility index (Phi) is 6.72. The first-order valence-electron chi connectivity index (χ1n) is 12.7. The predicted molar refractivity (Wildman–Crippen MR) is 147 cm³/mol. The third-order valence-electron chi connectivity index (χ3n) is 7.01. The van der Waals surface area contributed by atoms with E-state index in [1.165, 1.54) is 12.1 Å². The molecular weight excluding hydrogens is 481 g/mol. The highest BCUT2D eigenvalue weighted by Crippen LogP contribution is 2.31. The number of fused-ring (bicyclic) bond motifs is 1. The zero-order valence-electron chi connectivity index (χ0n) is 21.3. The van der Waals surface area contributed by atoms with Crippen molar-refractivity contribution < 1.29 is 14.0 Å². The average Bonchev–Trinajstić information content (AvgIpc) is 3.69. The second kappa shape index (κ2) is 10.1. The lowest BCUT2D eigenvalue weighted by atomic mass is 9.99. The Labute approximate surface area is 220 Å². The Hall–Kier alpha value is -4.46. The Balaban J connectivity index is 1.43. The molecule has 1 aliphatic carbocycles. The third kappa shape index (κ3) is 5.02. The summed E-state index contributed by atoms with van der Waals surface area (Å²) in [6.45, 7) is 4.53. The molecule has 0 unspecified atom stereocenters. The van der Waals surface area contributed by atoms with Crippen LogP contribution >= 0.6 is 0 Å². The molecule has 8 heteroatoms. The van der Waals surface area contributed by atoms with Crippen LogP contribution in [0.15, 0.2) is 66.9 Å². The number of nitrogen functional groups attached to an aromatic ring is 1. The second-order valence-corrected chi connectivity index (χ2v) is 9.75. The molecule has 0 radical (unpaired) electrons. The Morgan fingerprint density at radius 2 is 1.82 bits per heavy atom. The van der Waals surface area contributed by atoms with Crippen molar-refractivity contribution in [1.82, 2.24) is 15.2 Å². The van der Waals surface area contributed by atoms with E-state index in [1.807, 2.05) is 48.9 Å². The largest absolute Gasteiger partial charge is 0.398 e.